The minimum Gasteiger partial charge on any atom is -0.390 e. The highest BCUT2D eigenvalue weighted by molar-refractivity contribution is 6.18. The Bertz CT molecular complexity index is 1020. The lowest BCUT2D eigenvalue weighted by Gasteiger charge is -2.39. The third kappa shape index (κ3) is 3.35. The van der Waals surface area contributed by atoms with Gasteiger partial charge in [-0.25, -0.2) is 9.78 Å². The number of benzene rings is 1. The van der Waals surface area contributed by atoms with Gasteiger partial charge in [-0.2, -0.15) is 0 Å². The molecule has 1 aromatic heterocycles. The maximum absolute atomic E-state index is 13.4. The fourth-order valence-electron chi connectivity index (χ4n) is 4.98. The van der Waals surface area contributed by atoms with Gasteiger partial charge in [0.2, 0.25) is 0 Å². The molecule has 1 saturated carbocycles. The number of aromatic amines is 1. The summed E-state index contributed by atoms with van der Waals surface area (Å²) in [5, 5.41) is 10.4. The fraction of sp³-hybridized carbons (Fsp3) is 0.542. The summed E-state index contributed by atoms with van der Waals surface area (Å²) in [6, 6.07) is 10.0. The van der Waals surface area contributed by atoms with Crippen molar-refractivity contribution in [3.63, 3.8) is 0 Å². The number of aliphatic imine (C=N–C) groups is 1. The molecule has 0 unspecified atom stereocenters. The lowest BCUT2D eigenvalue weighted by Crippen LogP contribution is -2.50. The lowest BCUT2D eigenvalue weighted by atomic mass is 9.70. The van der Waals surface area contributed by atoms with Gasteiger partial charge >= 0.3 is 6.03 Å². The maximum Gasteiger partial charge on any atom is 0.331 e. The Balaban J connectivity index is 1.55. The quantitative estimate of drug-likeness (QED) is 0.778. The van der Waals surface area contributed by atoms with Crippen molar-refractivity contribution in [3.05, 3.63) is 47.4 Å². The number of carbonyl (C=O) groups is 1. The van der Waals surface area contributed by atoms with Gasteiger partial charge in [0.1, 0.15) is 11.5 Å². The molecule has 1 aliphatic carbocycles. The number of rotatable bonds is 4. The summed E-state index contributed by atoms with van der Waals surface area (Å²) in [4.78, 5) is 30.4. The summed E-state index contributed by atoms with van der Waals surface area (Å²) in [6.07, 6.45) is 4.06. The molecule has 2 aliphatic heterocycles. The summed E-state index contributed by atoms with van der Waals surface area (Å²) in [7, 11) is 0. The smallest absolute Gasteiger partial charge is 0.331 e. The van der Waals surface area contributed by atoms with Crippen molar-refractivity contribution < 1.29 is 9.90 Å². The molecule has 3 aliphatic rings. The number of urea groups is 1. The second-order valence-electron chi connectivity index (χ2n) is 9.77. The van der Waals surface area contributed by atoms with E-state index < -0.39 is 5.60 Å². The van der Waals surface area contributed by atoms with Crippen LogP contribution in [0.2, 0.25) is 0 Å². The summed E-state index contributed by atoms with van der Waals surface area (Å²) in [5.41, 5.74) is 1.20. The predicted octanol–water partition coefficient (Wildman–Crippen LogP) is 4.15. The second kappa shape index (κ2) is 7.19. The molecule has 1 atom stereocenters. The van der Waals surface area contributed by atoms with Crippen LogP contribution in [0.25, 0.3) is 0 Å². The van der Waals surface area contributed by atoms with E-state index in [1.54, 1.807) is 9.80 Å². The van der Waals surface area contributed by atoms with Gasteiger partial charge < -0.3 is 10.1 Å². The molecule has 1 aromatic carbocycles. The highest BCUT2D eigenvalue weighted by atomic mass is 16.3. The molecule has 164 valence electrons. The molecule has 3 heterocycles. The van der Waals surface area contributed by atoms with Crippen molar-refractivity contribution in [2.24, 2.45) is 4.99 Å². The zero-order valence-corrected chi connectivity index (χ0v) is 18.6. The Kier molecular flexibility index (Phi) is 4.70. The Morgan fingerprint density at radius 2 is 1.87 bits per heavy atom. The molecule has 7 nitrogen and oxygen atoms in total. The number of carbonyl (C=O) groups excluding carboxylic acids is 1. The Hall–Kier alpha value is -2.67. The van der Waals surface area contributed by atoms with E-state index in [2.05, 4.69) is 31.0 Å². The minimum absolute atomic E-state index is 0.0405. The van der Waals surface area contributed by atoms with Crippen molar-refractivity contribution in [1.29, 1.82) is 0 Å². The van der Waals surface area contributed by atoms with E-state index >= 15 is 0 Å². The summed E-state index contributed by atoms with van der Waals surface area (Å²) in [6.45, 7) is 7.37. The molecule has 0 bridgehead atoms. The van der Waals surface area contributed by atoms with Crippen molar-refractivity contribution in [1.82, 2.24) is 14.9 Å². The van der Waals surface area contributed by atoms with Crippen LogP contribution in [0.15, 0.2) is 35.3 Å². The summed E-state index contributed by atoms with van der Waals surface area (Å²) < 4.78 is 0. The van der Waals surface area contributed by atoms with E-state index in [0.717, 1.165) is 49.2 Å². The van der Waals surface area contributed by atoms with Crippen LogP contribution in [-0.4, -0.2) is 50.5 Å². The molecule has 1 fully saturated rings. The third-order valence-corrected chi connectivity index (χ3v) is 7.15. The van der Waals surface area contributed by atoms with E-state index in [9.17, 15) is 9.90 Å². The zero-order valence-electron chi connectivity index (χ0n) is 18.6. The average Bonchev–Trinajstić information content (AvgIpc) is 3.40. The number of nitrogens with one attached hydrogen (secondary N) is 1. The van der Waals surface area contributed by atoms with Gasteiger partial charge in [-0.05, 0) is 44.6 Å². The van der Waals surface area contributed by atoms with Gasteiger partial charge in [0.05, 0.1) is 18.2 Å². The van der Waals surface area contributed by atoms with Crippen molar-refractivity contribution in [2.45, 2.75) is 69.9 Å². The molecule has 0 spiro atoms. The largest absolute Gasteiger partial charge is 0.390 e. The highest BCUT2D eigenvalue weighted by Crippen LogP contribution is 2.44. The van der Waals surface area contributed by atoms with E-state index in [-0.39, 0.29) is 17.5 Å². The van der Waals surface area contributed by atoms with Crippen LogP contribution in [0.1, 0.15) is 76.0 Å². The fourth-order valence-corrected chi connectivity index (χ4v) is 4.98. The van der Waals surface area contributed by atoms with Gasteiger partial charge in [-0.3, -0.25) is 14.8 Å². The molecule has 2 aromatic rings. The number of amides is 2. The first-order chi connectivity index (χ1) is 14.8. The molecule has 0 radical (unpaired) electrons. The first kappa shape index (κ1) is 20.2. The topological polar surface area (TPSA) is 84.8 Å². The number of nitrogens with zero attached hydrogens (tertiary/aromatic N) is 4. The van der Waals surface area contributed by atoms with Crippen LogP contribution in [-0.2, 0) is 5.41 Å². The van der Waals surface area contributed by atoms with Gasteiger partial charge in [0.25, 0.3) is 0 Å². The number of hydrogen-bond acceptors (Lipinski definition) is 4. The number of H-pyrrole nitrogens is 1. The molecular formula is C24H31N5O2. The van der Waals surface area contributed by atoms with Crippen LogP contribution in [0, 0.1) is 0 Å². The SMILES string of the molecule is CCCN1C(=O)N2C[C@@H](c3ccccc3)N=C2c2[nH]c(C3(C)CCC(C)(O)CC3)nc21. The van der Waals surface area contributed by atoms with E-state index in [0.29, 0.717) is 24.7 Å². The molecule has 2 amide bonds. The van der Waals surface area contributed by atoms with E-state index in [4.69, 9.17) is 9.98 Å². The van der Waals surface area contributed by atoms with E-state index in [1.807, 2.05) is 25.1 Å². The van der Waals surface area contributed by atoms with E-state index in [1.165, 1.54) is 0 Å². The Labute approximate surface area is 183 Å². The summed E-state index contributed by atoms with van der Waals surface area (Å²) >= 11 is 0. The van der Waals surface area contributed by atoms with Crippen LogP contribution in [0.3, 0.4) is 0 Å². The van der Waals surface area contributed by atoms with Crippen LogP contribution in [0.5, 0.6) is 0 Å². The highest BCUT2D eigenvalue weighted by Gasteiger charge is 2.45. The standard InChI is InChI=1S/C24H31N5O2/c1-4-14-28-20-18(26-21(27-20)23(2)10-12-24(3,31)13-11-23)19-25-17(15-29(19)22(28)30)16-8-6-5-7-9-16/h5-9,17,31H,4,10-15H2,1-3H3,(H,26,27)/t17-,23?,24?/m0/s1. The van der Waals surface area contributed by atoms with Crippen LogP contribution >= 0.6 is 0 Å². The number of imidazole rings is 1. The zero-order chi connectivity index (χ0) is 21.8. The number of hydrogen-bond donors (Lipinski definition) is 2. The monoisotopic (exact) mass is 421 g/mol. The van der Waals surface area contributed by atoms with Crippen LogP contribution < -0.4 is 4.90 Å². The van der Waals surface area contributed by atoms with Gasteiger partial charge in [0.15, 0.2) is 11.7 Å². The molecule has 7 heteroatoms. The average molecular weight is 422 g/mol. The Morgan fingerprint density at radius 1 is 1.16 bits per heavy atom. The number of aliphatic hydroxyl groups is 1. The molecule has 0 saturated heterocycles. The predicted molar refractivity (Wildman–Crippen MR) is 120 cm³/mol. The Morgan fingerprint density at radius 3 is 2.55 bits per heavy atom. The molecule has 5 rings (SSSR count). The molecular weight excluding hydrogens is 390 g/mol. The normalized spacial score (nSPS) is 30.3. The number of aromatic nitrogens is 2. The van der Waals surface area contributed by atoms with Gasteiger partial charge in [-0.1, -0.05) is 44.2 Å². The molecule has 2 N–H and O–H groups in total. The second-order valence-corrected chi connectivity index (χ2v) is 9.77. The van der Waals surface area contributed by atoms with Crippen molar-refractivity contribution in [2.75, 3.05) is 18.0 Å². The van der Waals surface area contributed by atoms with Crippen LogP contribution in [0.4, 0.5) is 10.6 Å². The third-order valence-electron chi connectivity index (χ3n) is 7.15. The van der Waals surface area contributed by atoms with Gasteiger partial charge in [0, 0.05) is 12.0 Å². The number of anilines is 1. The van der Waals surface area contributed by atoms with Crippen molar-refractivity contribution >= 4 is 17.7 Å². The van der Waals surface area contributed by atoms with Gasteiger partial charge in [-0.15, -0.1) is 0 Å². The molecule has 31 heavy (non-hydrogen) atoms. The number of amidine groups is 1. The number of fused-ring (bicyclic) bond motifs is 3. The lowest BCUT2D eigenvalue weighted by molar-refractivity contribution is 0.00179. The van der Waals surface area contributed by atoms with Crippen molar-refractivity contribution in [3.8, 4) is 0 Å². The maximum atomic E-state index is 13.4. The minimum atomic E-state index is -0.606. The first-order valence-electron chi connectivity index (χ1n) is 11.4. The summed E-state index contributed by atoms with van der Waals surface area (Å²) in [5.74, 6) is 2.30. The first-order valence-corrected chi connectivity index (χ1v) is 11.4.